The van der Waals surface area contributed by atoms with Gasteiger partial charge in [0.05, 0.1) is 0 Å². The molecule has 1 rings (SSSR count). The number of amides is 1. The van der Waals surface area contributed by atoms with Crippen LogP contribution in [0.4, 0.5) is 0 Å². The van der Waals surface area contributed by atoms with Crippen molar-refractivity contribution in [2.45, 2.75) is 39.2 Å². The number of aromatic nitrogens is 1. The van der Waals surface area contributed by atoms with E-state index in [4.69, 9.17) is 10.8 Å². The van der Waals surface area contributed by atoms with Gasteiger partial charge in [-0.05, 0) is 18.8 Å². The SMILES string of the molecule is CCC(CCNC(=O)c1csc(CN)n1)CCC(=O)O. The average molecular weight is 299 g/mol. The van der Waals surface area contributed by atoms with Crippen LogP contribution in [0.5, 0.6) is 0 Å². The molecule has 1 amide bonds. The van der Waals surface area contributed by atoms with Crippen molar-refractivity contribution in [2.24, 2.45) is 11.7 Å². The van der Waals surface area contributed by atoms with Gasteiger partial charge >= 0.3 is 5.97 Å². The Kier molecular flexibility index (Phi) is 7.17. The van der Waals surface area contributed by atoms with E-state index >= 15 is 0 Å². The molecule has 0 radical (unpaired) electrons. The van der Waals surface area contributed by atoms with Crippen LogP contribution in [0, 0.1) is 5.92 Å². The number of carboxylic acids is 1. The Labute approximate surface area is 122 Å². The van der Waals surface area contributed by atoms with E-state index in [2.05, 4.69) is 10.3 Å². The third-order valence-corrected chi connectivity index (χ3v) is 4.01. The summed E-state index contributed by atoms with van der Waals surface area (Å²) in [6.45, 7) is 2.90. The van der Waals surface area contributed by atoms with Gasteiger partial charge in [0.2, 0.25) is 0 Å². The fourth-order valence-corrected chi connectivity index (χ4v) is 2.52. The van der Waals surface area contributed by atoms with Crippen molar-refractivity contribution >= 4 is 23.2 Å². The second kappa shape index (κ2) is 8.65. The average Bonchev–Trinajstić information content (AvgIpc) is 2.91. The summed E-state index contributed by atoms with van der Waals surface area (Å²) in [6.07, 6.45) is 2.52. The molecule has 1 aromatic rings. The molecule has 0 aromatic carbocycles. The van der Waals surface area contributed by atoms with Gasteiger partial charge in [-0.15, -0.1) is 11.3 Å². The number of carbonyl (C=O) groups is 2. The maximum absolute atomic E-state index is 11.8. The molecule has 1 heterocycles. The highest BCUT2D eigenvalue weighted by Crippen LogP contribution is 2.15. The minimum absolute atomic E-state index is 0.179. The zero-order chi connectivity index (χ0) is 15.0. The second-order valence-corrected chi connectivity index (χ2v) is 5.52. The first-order valence-corrected chi connectivity index (χ1v) is 7.59. The molecule has 0 aliphatic carbocycles. The van der Waals surface area contributed by atoms with Crippen LogP contribution in [-0.4, -0.2) is 28.5 Å². The number of nitrogens with zero attached hydrogens (tertiary/aromatic N) is 1. The summed E-state index contributed by atoms with van der Waals surface area (Å²) in [5.74, 6) is -0.653. The van der Waals surface area contributed by atoms with Gasteiger partial charge in [-0.2, -0.15) is 0 Å². The van der Waals surface area contributed by atoms with Gasteiger partial charge in [0.15, 0.2) is 0 Å². The van der Waals surface area contributed by atoms with Crippen molar-refractivity contribution in [3.05, 3.63) is 16.1 Å². The minimum Gasteiger partial charge on any atom is -0.481 e. The fraction of sp³-hybridized carbons (Fsp3) is 0.615. The number of thiazole rings is 1. The zero-order valence-electron chi connectivity index (χ0n) is 11.6. The summed E-state index contributed by atoms with van der Waals surface area (Å²) in [6, 6.07) is 0. The van der Waals surface area contributed by atoms with E-state index in [-0.39, 0.29) is 12.3 Å². The zero-order valence-corrected chi connectivity index (χ0v) is 12.4. The van der Waals surface area contributed by atoms with Crippen LogP contribution in [0.1, 0.15) is 48.1 Å². The number of carboxylic acid groups (broad SMARTS) is 1. The van der Waals surface area contributed by atoms with Crippen molar-refractivity contribution < 1.29 is 14.7 Å². The van der Waals surface area contributed by atoms with Gasteiger partial charge in [0, 0.05) is 24.9 Å². The Morgan fingerprint density at radius 1 is 1.50 bits per heavy atom. The largest absolute Gasteiger partial charge is 0.481 e. The summed E-state index contributed by atoms with van der Waals surface area (Å²) in [7, 11) is 0. The van der Waals surface area contributed by atoms with Crippen molar-refractivity contribution in [3.63, 3.8) is 0 Å². The molecule has 20 heavy (non-hydrogen) atoms. The number of nitrogens with two attached hydrogens (primary N) is 1. The molecule has 6 nitrogen and oxygen atoms in total. The molecule has 112 valence electrons. The molecule has 0 saturated carbocycles. The highest BCUT2D eigenvalue weighted by Gasteiger charge is 2.12. The van der Waals surface area contributed by atoms with Crippen LogP contribution < -0.4 is 11.1 Å². The Morgan fingerprint density at radius 3 is 2.80 bits per heavy atom. The molecule has 1 aromatic heterocycles. The van der Waals surface area contributed by atoms with Crippen LogP contribution in [0.15, 0.2) is 5.38 Å². The minimum atomic E-state index is -0.774. The fourth-order valence-electron chi connectivity index (χ4n) is 1.87. The molecule has 0 saturated heterocycles. The number of hydrogen-bond donors (Lipinski definition) is 3. The quantitative estimate of drug-likeness (QED) is 0.642. The number of carbonyl (C=O) groups excluding carboxylic acids is 1. The number of rotatable bonds is 9. The van der Waals surface area contributed by atoms with Crippen LogP contribution in [0.3, 0.4) is 0 Å². The van der Waals surface area contributed by atoms with Crippen LogP contribution in [0.2, 0.25) is 0 Å². The molecular weight excluding hydrogens is 278 g/mol. The predicted octanol–water partition coefficient (Wildman–Crippen LogP) is 1.61. The van der Waals surface area contributed by atoms with Crippen molar-refractivity contribution in [1.82, 2.24) is 10.3 Å². The number of hydrogen-bond acceptors (Lipinski definition) is 5. The van der Waals surface area contributed by atoms with Crippen molar-refractivity contribution in [1.29, 1.82) is 0 Å². The molecule has 0 aliphatic rings. The van der Waals surface area contributed by atoms with Gasteiger partial charge in [-0.25, -0.2) is 4.98 Å². The van der Waals surface area contributed by atoms with E-state index in [1.54, 1.807) is 5.38 Å². The van der Waals surface area contributed by atoms with E-state index in [1.807, 2.05) is 6.92 Å². The third-order valence-electron chi connectivity index (χ3n) is 3.14. The van der Waals surface area contributed by atoms with Crippen molar-refractivity contribution in [2.75, 3.05) is 6.54 Å². The van der Waals surface area contributed by atoms with Gasteiger partial charge < -0.3 is 16.2 Å². The topological polar surface area (TPSA) is 105 Å². The Bertz CT molecular complexity index is 448. The van der Waals surface area contributed by atoms with Crippen LogP contribution >= 0.6 is 11.3 Å². The molecule has 0 spiro atoms. The summed E-state index contributed by atoms with van der Waals surface area (Å²) in [4.78, 5) is 26.4. The molecule has 0 aliphatic heterocycles. The van der Waals surface area contributed by atoms with Gasteiger partial charge in [-0.3, -0.25) is 9.59 Å². The standard InChI is InChI=1S/C13H21N3O3S/c1-2-9(3-4-12(17)18)5-6-15-13(19)10-8-20-11(7-14)16-10/h8-9H,2-7,14H2,1H3,(H,15,19)(H,17,18). The summed E-state index contributed by atoms with van der Waals surface area (Å²) >= 11 is 1.37. The van der Waals surface area contributed by atoms with Gasteiger partial charge in [0.1, 0.15) is 10.7 Å². The molecule has 0 fully saturated rings. The first kappa shape index (κ1) is 16.6. The van der Waals surface area contributed by atoms with E-state index in [1.165, 1.54) is 11.3 Å². The summed E-state index contributed by atoms with van der Waals surface area (Å²) < 4.78 is 0. The first-order valence-electron chi connectivity index (χ1n) is 6.71. The van der Waals surface area contributed by atoms with Crippen LogP contribution in [0.25, 0.3) is 0 Å². The highest BCUT2D eigenvalue weighted by molar-refractivity contribution is 7.09. The lowest BCUT2D eigenvalue weighted by molar-refractivity contribution is -0.137. The monoisotopic (exact) mass is 299 g/mol. The van der Waals surface area contributed by atoms with E-state index in [0.717, 1.165) is 17.8 Å². The van der Waals surface area contributed by atoms with E-state index < -0.39 is 5.97 Å². The van der Waals surface area contributed by atoms with E-state index in [0.29, 0.717) is 31.1 Å². The maximum atomic E-state index is 11.8. The smallest absolute Gasteiger partial charge is 0.303 e. The Balaban J connectivity index is 2.31. The predicted molar refractivity (Wildman–Crippen MR) is 77.6 cm³/mol. The Morgan fingerprint density at radius 2 is 2.25 bits per heavy atom. The molecule has 4 N–H and O–H groups in total. The second-order valence-electron chi connectivity index (χ2n) is 4.58. The third kappa shape index (κ3) is 5.66. The molecule has 1 unspecified atom stereocenters. The van der Waals surface area contributed by atoms with Crippen LogP contribution in [-0.2, 0) is 11.3 Å². The molecule has 1 atom stereocenters. The summed E-state index contributed by atoms with van der Waals surface area (Å²) in [5, 5.41) is 13.9. The van der Waals surface area contributed by atoms with Gasteiger partial charge in [0.25, 0.3) is 5.91 Å². The lowest BCUT2D eigenvalue weighted by atomic mass is 9.97. The molecule has 7 heteroatoms. The summed E-state index contributed by atoms with van der Waals surface area (Å²) in [5.41, 5.74) is 5.84. The van der Waals surface area contributed by atoms with E-state index in [9.17, 15) is 9.59 Å². The lowest BCUT2D eigenvalue weighted by Gasteiger charge is -2.13. The van der Waals surface area contributed by atoms with Gasteiger partial charge in [-0.1, -0.05) is 13.3 Å². The lowest BCUT2D eigenvalue weighted by Crippen LogP contribution is -2.26. The molecule has 0 bridgehead atoms. The highest BCUT2D eigenvalue weighted by atomic mass is 32.1. The Hall–Kier alpha value is -1.47. The first-order chi connectivity index (χ1) is 9.56. The van der Waals surface area contributed by atoms with Crippen molar-refractivity contribution in [3.8, 4) is 0 Å². The normalized spacial score (nSPS) is 12.1. The maximum Gasteiger partial charge on any atom is 0.303 e. The number of nitrogens with one attached hydrogen (secondary N) is 1. The number of aliphatic carboxylic acids is 1. The molecular formula is C13H21N3O3S.